The van der Waals surface area contributed by atoms with Crippen molar-refractivity contribution in [1.29, 1.82) is 0 Å². The molecular weight excluding hydrogens is 219 g/mol. The van der Waals surface area contributed by atoms with Crippen LogP contribution in [0, 0.1) is 6.92 Å². The predicted molar refractivity (Wildman–Crippen MR) is 63.4 cm³/mol. The first-order valence-corrected chi connectivity index (χ1v) is 5.30. The Labute approximate surface area is 94.4 Å². The number of nitrogens with one attached hydrogen (secondary N) is 1. The molecule has 1 rings (SSSR count). The van der Waals surface area contributed by atoms with Crippen molar-refractivity contribution in [3.05, 3.63) is 27.7 Å². The molecule has 0 unspecified atom stereocenters. The van der Waals surface area contributed by atoms with E-state index in [1.54, 1.807) is 0 Å². The number of rotatable bonds is 4. The van der Waals surface area contributed by atoms with Gasteiger partial charge in [-0.1, -0.05) is 23.2 Å². The van der Waals surface area contributed by atoms with Crippen LogP contribution in [0.15, 0.2) is 12.1 Å². The number of hydrogen-bond acceptors (Lipinski definition) is 2. The Morgan fingerprint density at radius 2 is 2.00 bits per heavy atom. The normalized spacial score (nSPS) is 10.3. The van der Waals surface area contributed by atoms with Gasteiger partial charge in [0.2, 0.25) is 0 Å². The Balaban J connectivity index is 2.72. The van der Waals surface area contributed by atoms with Crippen molar-refractivity contribution in [3.63, 3.8) is 0 Å². The minimum atomic E-state index is 0.671. The quantitative estimate of drug-likeness (QED) is 0.784. The molecule has 0 spiro atoms. The molecule has 1 aromatic carbocycles. The zero-order valence-corrected chi connectivity index (χ0v) is 9.62. The molecule has 0 aliphatic rings. The Hall–Kier alpha value is -0.440. The first-order chi connectivity index (χ1) is 6.65. The number of hydrogen-bond donors (Lipinski definition) is 2. The van der Waals surface area contributed by atoms with Crippen LogP contribution in [-0.4, -0.2) is 13.1 Å². The van der Waals surface area contributed by atoms with E-state index in [1.807, 2.05) is 19.1 Å². The standard InChI is InChI=1S/C10H14Cl2N2/c1-7-5-9(12)10(6-8(7)11)14-4-2-3-13/h5-6,14H,2-4,13H2,1H3. The lowest BCUT2D eigenvalue weighted by Crippen LogP contribution is -2.08. The summed E-state index contributed by atoms with van der Waals surface area (Å²) in [5.74, 6) is 0. The molecule has 78 valence electrons. The van der Waals surface area contributed by atoms with E-state index in [2.05, 4.69) is 5.32 Å². The number of aryl methyl sites for hydroxylation is 1. The molecule has 0 amide bonds. The summed E-state index contributed by atoms with van der Waals surface area (Å²) in [5, 5.41) is 4.61. The van der Waals surface area contributed by atoms with Crippen LogP contribution in [0.4, 0.5) is 5.69 Å². The minimum absolute atomic E-state index is 0.671. The summed E-state index contributed by atoms with van der Waals surface area (Å²) in [6, 6.07) is 3.70. The van der Waals surface area contributed by atoms with Crippen molar-refractivity contribution in [2.24, 2.45) is 5.73 Å². The molecule has 1 aromatic rings. The van der Waals surface area contributed by atoms with E-state index in [4.69, 9.17) is 28.9 Å². The first-order valence-electron chi connectivity index (χ1n) is 4.54. The molecule has 0 saturated carbocycles. The van der Waals surface area contributed by atoms with Gasteiger partial charge in [-0.3, -0.25) is 0 Å². The smallest absolute Gasteiger partial charge is 0.0641 e. The lowest BCUT2D eigenvalue weighted by atomic mass is 10.2. The van der Waals surface area contributed by atoms with Crippen LogP contribution in [0.2, 0.25) is 10.0 Å². The highest BCUT2D eigenvalue weighted by atomic mass is 35.5. The van der Waals surface area contributed by atoms with Gasteiger partial charge in [-0.05, 0) is 37.6 Å². The van der Waals surface area contributed by atoms with Crippen molar-refractivity contribution in [2.45, 2.75) is 13.3 Å². The summed E-state index contributed by atoms with van der Waals surface area (Å²) in [6.07, 6.45) is 0.918. The lowest BCUT2D eigenvalue weighted by Gasteiger charge is -2.09. The summed E-state index contributed by atoms with van der Waals surface area (Å²) in [4.78, 5) is 0. The van der Waals surface area contributed by atoms with Gasteiger partial charge in [0.05, 0.1) is 10.7 Å². The zero-order chi connectivity index (χ0) is 10.6. The highest BCUT2D eigenvalue weighted by Crippen LogP contribution is 2.28. The van der Waals surface area contributed by atoms with E-state index in [9.17, 15) is 0 Å². The third-order valence-corrected chi connectivity index (χ3v) is 2.66. The molecule has 4 heteroatoms. The number of benzene rings is 1. The van der Waals surface area contributed by atoms with Crippen LogP contribution < -0.4 is 11.1 Å². The van der Waals surface area contributed by atoms with Gasteiger partial charge < -0.3 is 11.1 Å². The maximum atomic E-state index is 6.03. The molecular formula is C10H14Cl2N2. The van der Waals surface area contributed by atoms with Crippen LogP contribution in [0.5, 0.6) is 0 Å². The Morgan fingerprint density at radius 1 is 1.29 bits per heavy atom. The fourth-order valence-corrected chi connectivity index (χ4v) is 1.56. The molecule has 14 heavy (non-hydrogen) atoms. The maximum absolute atomic E-state index is 6.03. The third kappa shape index (κ3) is 3.05. The molecule has 0 bridgehead atoms. The molecule has 0 heterocycles. The largest absolute Gasteiger partial charge is 0.384 e. The van der Waals surface area contributed by atoms with E-state index < -0.39 is 0 Å². The van der Waals surface area contributed by atoms with E-state index in [0.29, 0.717) is 11.6 Å². The summed E-state index contributed by atoms with van der Waals surface area (Å²) in [6.45, 7) is 3.41. The van der Waals surface area contributed by atoms with Crippen LogP contribution in [0.25, 0.3) is 0 Å². The van der Waals surface area contributed by atoms with Gasteiger partial charge in [0.25, 0.3) is 0 Å². The van der Waals surface area contributed by atoms with Gasteiger partial charge in [0.1, 0.15) is 0 Å². The molecule has 2 nitrogen and oxygen atoms in total. The van der Waals surface area contributed by atoms with Crippen LogP contribution in [0.1, 0.15) is 12.0 Å². The highest BCUT2D eigenvalue weighted by molar-refractivity contribution is 6.35. The minimum Gasteiger partial charge on any atom is -0.384 e. The number of nitrogens with two attached hydrogens (primary N) is 1. The number of anilines is 1. The highest BCUT2D eigenvalue weighted by Gasteiger charge is 2.03. The topological polar surface area (TPSA) is 38.0 Å². The Morgan fingerprint density at radius 3 is 2.64 bits per heavy atom. The molecule has 0 aliphatic carbocycles. The van der Waals surface area contributed by atoms with E-state index in [1.165, 1.54) is 0 Å². The second-order valence-corrected chi connectivity index (χ2v) is 3.96. The van der Waals surface area contributed by atoms with Crippen molar-refractivity contribution in [1.82, 2.24) is 0 Å². The molecule has 0 atom stereocenters. The van der Waals surface area contributed by atoms with Crippen molar-refractivity contribution < 1.29 is 0 Å². The van der Waals surface area contributed by atoms with E-state index in [-0.39, 0.29) is 0 Å². The van der Waals surface area contributed by atoms with Gasteiger partial charge >= 0.3 is 0 Å². The van der Waals surface area contributed by atoms with Gasteiger partial charge in [-0.15, -0.1) is 0 Å². The Bertz CT molecular complexity index is 313. The molecule has 0 radical (unpaired) electrons. The van der Waals surface area contributed by atoms with E-state index >= 15 is 0 Å². The van der Waals surface area contributed by atoms with Crippen LogP contribution in [-0.2, 0) is 0 Å². The lowest BCUT2D eigenvalue weighted by molar-refractivity contribution is 0.874. The molecule has 0 fully saturated rings. The second-order valence-electron chi connectivity index (χ2n) is 3.15. The van der Waals surface area contributed by atoms with Gasteiger partial charge in [-0.25, -0.2) is 0 Å². The van der Waals surface area contributed by atoms with Crippen molar-refractivity contribution >= 4 is 28.9 Å². The second kappa shape index (κ2) is 5.44. The van der Waals surface area contributed by atoms with Gasteiger partial charge in [0, 0.05) is 11.6 Å². The van der Waals surface area contributed by atoms with E-state index in [0.717, 1.165) is 29.2 Å². The van der Waals surface area contributed by atoms with Crippen LogP contribution >= 0.6 is 23.2 Å². The summed E-state index contributed by atoms with van der Waals surface area (Å²) < 4.78 is 0. The van der Waals surface area contributed by atoms with Crippen molar-refractivity contribution in [2.75, 3.05) is 18.4 Å². The van der Waals surface area contributed by atoms with Crippen molar-refractivity contribution in [3.8, 4) is 0 Å². The fourth-order valence-electron chi connectivity index (χ4n) is 1.11. The van der Waals surface area contributed by atoms with Gasteiger partial charge in [0.15, 0.2) is 0 Å². The average molecular weight is 233 g/mol. The molecule has 0 aliphatic heterocycles. The fraction of sp³-hybridized carbons (Fsp3) is 0.400. The summed E-state index contributed by atoms with van der Waals surface area (Å²) in [7, 11) is 0. The first kappa shape index (κ1) is 11.6. The molecule has 3 N–H and O–H groups in total. The maximum Gasteiger partial charge on any atom is 0.0641 e. The van der Waals surface area contributed by atoms with Crippen LogP contribution in [0.3, 0.4) is 0 Å². The third-order valence-electron chi connectivity index (χ3n) is 1.94. The summed E-state index contributed by atoms with van der Waals surface area (Å²) >= 11 is 12.0. The molecule has 0 aromatic heterocycles. The zero-order valence-electron chi connectivity index (χ0n) is 8.11. The monoisotopic (exact) mass is 232 g/mol. The SMILES string of the molecule is Cc1cc(Cl)c(NCCCN)cc1Cl. The number of halogens is 2. The molecule has 0 saturated heterocycles. The average Bonchev–Trinajstić information content (AvgIpc) is 2.14. The van der Waals surface area contributed by atoms with Gasteiger partial charge in [-0.2, -0.15) is 0 Å². The Kier molecular flexibility index (Phi) is 4.52. The summed E-state index contributed by atoms with van der Waals surface area (Å²) in [5.41, 5.74) is 7.24. The predicted octanol–water partition coefficient (Wildman–Crippen LogP) is 3.06.